The number of hydrogen-bond donors (Lipinski definition) is 1. The Balaban J connectivity index is 1.42. The summed E-state index contributed by atoms with van der Waals surface area (Å²) in [6.07, 6.45) is 0.972. The van der Waals surface area contributed by atoms with Crippen molar-refractivity contribution in [3.05, 3.63) is 125 Å². The summed E-state index contributed by atoms with van der Waals surface area (Å²) in [4.78, 5) is 40.4. The lowest BCUT2D eigenvalue weighted by Crippen LogP contribution is -2.68. The number of cyclic esters (lactones) is 1. The van der Waals surface area contributed by atoms with Crippen LogP contribution in [0, 0.1) is 0 Å². The van der Waals surface area contributed by atoms with Crippen LogP contribution < -0.4 is 5.73 Å². The molecule has 0 saturated carbocycles. The van der Waals surface area contributed by atoms with Crippen molar-refractivity contribution in [2.45, 2.75) is 17.5 Å². The molecule has 0 unspecified atom stereocenters. The van der Waals surface area contributed by atoms with Gasteiger partial charge in [0.05, 0.1) is 5.56 Å². The molecule has 3 aromatic carbocycles. The minimum Gasteiger partial charge on any atom is -0.448 e. The molecule has 8 heteroatoms. The van der Waals surface area contributed by atoms with Gasteiger partial charge in [-0.3, -0.25) is 9.69 Å². The summed E-state index contributed by atoms with van der Waals surface area (Å²) in [5.74, 6) is -0.715. The standard InChI is InChI=1S/C29H22N2O5S/c30-23-26(32)31-24(29(34)36-25(17-9-3-1-4-10-17)18-11-5-2-6-12-18)19(16-37-27(23)31)15-22-20-13-7-8-14-21(20)28(33)35-22/h1-15,23,25,27H,16,30H2/b22-15+/t23-,27+/m1/s1. The number of hydrogen-bond acceptors (Lipinski definition) is 7. The SMILES string of the molecule is N[C@@H]1C(=O)N2C(C(=O)OC(c3ccccc3)c3ccccc3)=C(/C=C3/OC(=O)c4ccccc43)CS[C@@H]12. The highest BCUT2D eigenvalue weighted by molar-refractivity contribution is 8.00. The monoisotopic (exact) mass is 510 g/mol. The molecule has 3 heterocycles. The molecule has 0 radical (unpaired) electrons. The summed E-state index contributed by atoms with van der Waals surface area (Å²) < 4.78 is 11.6. The number of benzene rings is 3. The summed E-state index contributed by atoms with van der Waals surface area (Å²) >= 11 is 1.46. The van der Waals surface area contributed by atoms with Crippen molar-refractivity contribution in [3.63, 3.8) is 0 Å². The topological polar surface area (TPSA) is 98.9 Å². The molecule has 0 spiro atoms. The van der Waals surface area contributed by atoms with E-state index in [1.807, 2.05) is 66.7 Å². The number of ether oxygens (including phenoxy) is 2. The molecule has 3 aliphatic heterocycles. The van der Waals surface area contributed by atoms with E-state index in [0.29, 0.717) is 28.2 Å². The first-order valence-electron chi connectivity index (χ1n) is 11.8. The quantitative estimate of drug-likeness (QED) is 0.409. The van der Waals surface area contributed by atoms with Gasteiger partial charge in [-0.05, 0) is 28.8 Å². The van der Waals surface area contributed by atoms with Gasteiger partial charge < -0.3 is 15.2 Å². The molecule has 184 valence electrons. The number of fused-ring (bicyclic) bond motifs is 2. The Morgan fingerprint density at radius 3 is 2.19 bits per heavy atom. The number of carbonyl (C=O) groups excluding carboxylic acids is 3. The average Bonchev–Trinajstić information content (AvgIpc) is 3.26. The van der Waals surface area contributed by atoms with Gasteiger partial charge in [-0.25, -0.2) is 9.59 Å². The lowest BCUT2D eigenvalue weighted by molar-refractivity contribution is -0.153. The van der Waals surface area contributed by atoms with Crippen molar-refractivity contribution in [1.82, 2.24) is 4.90 Å². The third-order valence-electron chi connectivity index (χ3n) is 6.58. The number of thioether (sulfide) groups is 1. The maximum atomic E-state index is 13.8. The van der Waals surface area contributed by atoms with Gasteiger partial charge in [-0.2, -0.15) is 0 Å². The van der Waals surface area contributed by atoms with Gasteiger partial charge in [0.1, 0.15) is 22.9 Å². The first kappa shape index (κ1) is 23.3. The van der Waals surface area contributed by atoms with Crippen LogP contribution in [0.1, 0.15) is 33.2 Å². The van der Waals surface area contributed by atoms with E-state index in [4.69, 9.17) is 15.2 Å². The van der Waals surface area contributed by atoms with Crippen LogP contribution in [0.3, 0.4) is 0 Å². The molecule has 0 aromatic heterocycles. The van der Waals surface area contributed by atoms with Crippen LogP contribution in [0.5, 0.6) is 0 Å². The maximum Gasteiger partial charge on any atom is 0.356 e. The summed E-state index contributed by atoms with van der Waals surface area (Å²) in [5.41, 5.74) is 9.39. The van der Waals surface area contributed by atoms with E-state index >= 15 is 0 Å². The fourth-order valence-corrected chi connectivity index (χ4v) is 5.99. The van der Waals surface area contributed by atoms with E-state index in [2.05, 4.69) is 0 Å². The minimum atomic E-state index is -0.689. The first-order chi connectivity index (χ1) is 18.0. The van der Waals surface area contributed by atoms with Crippen molar-refractivity contribution in [2.24, 2.45) is 5.73 Å². The summed E-state index contributed by atoms with van der Waals surface area (Å²) in [5, 5.41) is -0.359. The molecule has 37 heavy (non-hydrogen) atoms. The zero-order valence-corrected chi connectivity index (χ0v) is 20.4. The fourth-order valence-electron chi connectivity index (χ4n) is 4.74. The van der Waals surface area contributed by atoms with Gasteiger partial charge in [-0.15, -0.1) is 11.8 Å². The van der Waals surface area contributed by atoms with Crippen molar-refractivity contribution in [3.8, 4) is 0 Å². The molecule has 1 fully saturated rings. The highest BCUT2D eigenvalue weighted by Crippen LogP contribution is 2.42. The molecule has 3 aromatic rings. The fraction of sp³-hybridized carbons (Fsp3) is 0.138. The average molecular weight is 511 g/mol. The molecule has 0 aliphatic carbocycles. The smallest absolute Gasteiger partial charge is 0.356 e. The number of β-lactam (4-membered cyclic amide) rings is 1. The molecule has 1 saturated heterocycles. The predicted octanol–water partition coefficient (Wildman–Crippen LogP) is 4.03. The number of carbonyl (C=O) groups is 3. The minimum absolute atomic E-state index is 0.125. The second-order valence-corrected chi connectivity index (χ2v) is 9.96. The number of amides is 1. The Morgan fingerprint density at radius 1 is 0.946 bits per heavy atom. The van der Waals surface area contributed by atoms with Crippen LogP contribution in [-0.4, -0.2) is 39.9 Å². The first-order valence-corrected chi connectivity index (χ1v) is 12.9. The zero-order valence-electron chi connectivity index (χ0n) is 19.6. The van der Waals surface area contributed by atoms with Crippen molar-refractivity contribution in [2.75, 3.05) is 5.75 Å². The van der Waals surface area contributed by atoms with Gasteiger partial charge in [-0.1, -0.05) is 78.9 Å². The summed E-state index contributed by atoms with van der Waals surface area (Å²) in [6, 6.07) is 25.2. The second kappa shape index (κ2) is 9.38. The van der Waals surface area contributed by atoms with Crippen LogP contribution >= 0.6 is 11.8 Å². The molecule has 6 rings (SSSR count). The molecule has 3 aliphatic rings. The maximum absolute atomic E-state index is 13.8. The zero-order chi connectivity index (χ0) is 25.5. The van der Waals surface area contributed by atoms with E-state index in [9.17, 15) is 14.4 Å². The summed E-state index contributed by atoms with van der Waals surface area (Å²) in [7, 11) is 0. The van der Waals surface area contributed by atoms with Gasteiger partial charge in [0.2, 0.25) is 5.91 Å². The normalized spacial score (nSPS) is 21.5. The number of nitrogens with two attached hydrogens (primary N) is 1. The highest BCUT2D eigenvalue weighted by atomic mass is 32.2. The van der Waals surface area contributed by atoms with Gasteiger partial charge in [0.15, 0.2) is 6.10 Å². The van der Waals surface area contributed by atoms with Crippen LogP contribution in [0.15, 0.2) is 102 Å². The number of allylic oxidation sites excluding steroid dienone is 1. The third-order valence-corrected chi connectivity index (χ3v) is 7.91. The molecule has 0 bridgehead atoms. The summed E-state index contributed by atoms with van der Waals surface area (Å²) in [6.45, 7) is 0. The van der Waals surface area contributed by atoms with Crippen molar-refractivity contribution < 1.29 is 23.9 Å². The molecule has 2 N–H and O–H groups in total. The Labute approximate surface area is 217 Å². The Hall–Kier alpha value is -4.14. The predicted molar refractivity (Wildman–Crippen MR) is 139 cm³/mol. The highest BCUT2D eigenvalue weighted by Gasteiger charge is 2.52. The Kier molecular flexibility index (Phi) is 5.90. The number of esters is 2. The molecular formula is C29H22N2O5S. The molecule has 2 atom stereocenters. The second-order valence-electron chi connectivity index (χ2n) is 8.86. The van der Waals surface area contributed by atoms with Gasteiger partial charge >= 0.3 is 11.9 Å². The van der Waals surface area contributed by atoms with Crippen LogP contribution in [0.25, 0.3) is 5.76 Å². The van der Waals surface area contributed by atoms with E-state index in [1.54, 1.807) is 24.3 Å². The number of rotatable bonds is 5. The van der Waals surface area contributed by atoms with Crippen LogP contribution in [-0.2, 0) is 19.1 Å². The van der Waals surface area contributed by atoms with Gasteiger partial charge in [0, 0.05) is 11.3 Å². The Bertz CT molecular complexity index is 1430. The van der Waals surface area contributed by atoms with E-state index in [1.165, 1.54) is 16.7 Å². The molecule has 7 nitrogen and oxygen atoms in total. The van der Waals surface area contributed by atoms with Crippen LogP contribution in [0.4, 0.5) is 0 Å². The lowest BCUT2D eigenvalue weighted by Gasteiger charge is -2.48. The molecule has 1 amide bonds. The number of nitrogens with zero attached hydrogens (tertiary/aromatic N) is 1. The van der Waals surface area contributed by atoms with Gasteiger partial charge in [0.25, 0.3) is 0 Å². The third kappa shape index (κ3) is 4.04. The van der Waals surface area contributed by atoms with Crippen LogP contribution in [0.2, 0.25) is 0 Å². The van der Waals surface area contributed by atoms with E-state index in [-0.39, 0.29) is 17.0 Å². The Morgan fingerprint density at radius 2 is 1.54 bits per heavy atom. The largest absolute Gasteiger partial charge is 0.448 e. The lowest BCUT2D eigenvalue weighted by atomic mass is 10.0. The van der Waals surface area contributed by atoms with Crippen molar-refractivity contribution >= 4 is 35.4 Å². The molecular weight excluding hydrogens is 488 g/mol. The van der Waals surface area contributed by atoms with E-state index < -0.39 is 24.1 Å². The van der Waals surface area contributed by atoms with E-state index in [0.717, 1.165) is 11.1 Å². The van der Waals surface area contributed by atoms with Crippen molar-refractivity contribution in [1.29, 1.82) is 0 Å².